The number of halogens is 1. The van der Waals surface area contributed by atoms with Crippen LogP contribution < -0.4 is 14.2 Å². The Labute approximate surface area is 166 Å². The van der Waals surface area contributed by atoms with Gasteiger partial charge in [-0.15, -0.1) is 0 Å². The number of hydrogen-bond donors (Lipinski definition) is 0. The Bertz CT molecular complexity index is 973. The van der Waals surface area contributed by atoms with Gasteiger partial charge in [0.25, 0.3) is 0 Å². The van der Waals surface area contributed by atoms with Crippen LogP contribution in [0.25, 0.3) is 0 Å². The van der Waals surface area contributed by atoms with Gasteiger partial charge in [0, 0.05) is 21.7 Å². The van der Waals surface area contributed by atoms with Gasteiger partial charge in [-0.1, -0.05) is 15.9 Å². The fourth-order valence-corrected chi connectivity index (χ4v) is 3.85. The molecule has 0 unspecified atom stereocenters. The smallest absolute Gasteiger partial charge is 0.232 e. The van der Waals surface area contributed by atoms with Crippen LogP contribution >= 0.6 is 15.9 Å². The summed E-state index contributed by atoms with van der Waals surface area (Å²) in [6.45, 7) is 6.71. The van der Waals surface area contributed by atoms with Crippen molar-refractivity contribution in [1.29, 1.82) is 0 Å². The maximum Gasteiger partial charge on any atom is 0.232 e. The van der Waals surface area contributed by atoms with Crippen LogP contribution in [0.15, 0.2) is 40.1 Å². The molecule has 0 spiro atoms. The van der Waals surface area contributed by atoms with E-state index in [1.54, 1.807) is 6.07 Å². The van der Waals surface area contributed by atoms with E-state index in [4.69, 9.17) is 18.9 Å². The minimum Gasteiger partial charge on any atom is -0.489 e. The Balaban J connectivity index is 1.60. The third kappa shape index (κ3) is 3.35. The van der Waals surface area contributed by atoms with E-state index in [1.165, 1.54) is 0 Å². The largest absolute Gasteiger partial charge is 0.489 e. The molecule has 0 radical (unpaired) electrons. The Morgan fingerprint density at radius 2 is 2.04 bits per heavy atom. The summed E-state index contributed by atoms with van der Waals surface area (Å²) in [5, 5.41) is 0. The zero-order valence-electron chi connectivity index (χ0n) is 15.3. The quantitative estimate of drug-likeness (QED) is 0.636. The summed E-state index contributed by atoms with van der Waals surface area (Å²) in [6, 6.07) is 7.59. The van der Waals surface area contributed by atoms with Crippen molar-refractivity contribution in [3.8, 4) is 17.2 Å². The lowest BCUT2D eigenvalue weighted by Gasteiger charge is -2.21. The molecule has 0 aliphatic carbocycles. The van der Waals surface area contributed by atoms with Crippen molar-refractivity contribution in [2.45, 2.75) is 34.0 Å². The monoisotopic (exact) mass is 430 g/mol. The van der Waals surface area contributed by atoms with Crippen LogP contribution in [0, 0.1) is 6.92 Å². The van der Waals surface area contributed by atoms with Crippen LogP contribution in [0.2, 0.25) is 0 Å². The lowest BCUT2D eigenvalue weighted by Crippen LogP contribution is -2.14. The molecule has 0 saturated heterocycles. The van der Waals surface area contributed by atoms with E-state index in [9.17, 15) is 4.79 Å². The SMILES string of the molecule is CC(C)=C1Oc2cc(OCc3cc(Br)cc4c3OCOC4)cc(C)c2C1=O. The molecule has 5 nitrogen and oxygen atoms in total. The van der Waals surface area contributed by atoms with Gasteiger partial charge in [0.05, 0.1) is 12.2 Å². The lowest BCUT2D eigenvalue weighted by atomic mass is 10.0. The molecule has 0 aromatic heterocycles. The number of benzene rings is 2. The number of ketones is 1. The van der Waals surface area contributed by atoms with Gasteiger partial charge >= 0.3 is 0 Å². The molecule has 0 amide bonds. The van der Waals surface area contributed by atoms with Gasteiger partial charge in [0.15, 0.2) is 12.6 Å². The number of carbonyl (C=O) groups excluding carboxylic acids is 1. The van der Waals surface area contributed by atoms with Gasteiger partial charge in [0.2, 0.25) is 5.78 Å². The van der Waals surface area contributed by atoms with Gasteiger partial charge < -0.3 is 18.9 Å². The molecular formula is C21H19BrO5. The second-order valence-corrected chi connectivity index (χ2v) is 7.74. The number of fused-ring (bicyclic) bond motifs is 2. The third-order valence-corrected chi connectivity index (χ3v) is 4.98. The van der Waals surface area contributed by atoms with Crippen LogP contribution in [0.1, 0.15) is 40.9 Å². The molecule has 2 aromatic rings. The fourth-order valence-electron chi connectivity index (χ4n) is 3.30. The molecule has 140 valence electrons. The summed E-state index contributed by atoms with van der Waals surface area (Å²) in [7, 11) is 0. The average Bonchev–Trinajstić information content (AvgIpc) is 2.97. The van der Waals surface area contributed by atoms with E-state index in [0.29, 0.717) is 36.0 Å². The van der Waals surface area contributed by atoms with Gasteiger partial charge in [-0.05, 0) is 50.1 Å². The van der Waals surface area contributed by atoms with E-state index in [-0.39, 0.29) is 12.6 Å². The number of allylic oxidation sites excluding steroid dienone is 2. The first-order valence-corrected chi connectivity index (χ1v) is 9.42. The van der Waals surface area contributed by atoms with Crippen molar-refractivity contribution in [1.82, 2.24) is 0 Å². The molecule has 2 aliphatic rings. The molecule has 0 bridgehead atoms. The molecule has 2 aliphatic heterocycles. The first-order valence-electron chi connectivity index (χ1n) is 8.63. The zero-order chi connectivity index (χ0) is 19.1. The molecule has 0 saturated carbocycles. The predicted octanol–water partition coefficient (Wildman–Crippen LogP) is 5.07. The van der Waals surface area contributed by atoms with E-state index >= 15 is 0 Å². The number of aryl methyl sites for hydroxylation is 1. The van der Waals surface area contributed by atoms with Crippen molar-refractivity contribution in [3.05, 3.63) is 62.3 Å². The molecule has 6 heteroatoms. The van der Waals surface area contributed by atoms with Gasteiger partial charge in [0.1, 0.15) is 23.9 Å². The average molecular weight is 431 g/mol. The summed E-state index contributed by atoms with van der Waals surface area (Å²) in [4.78, 5) is 12.5. The van der Waals surface area contributed by atoms with E-state index in [2.05, 4.69) is 15.9 Å². The topological polar surface area (TPSA) is 54.0 Å². The summed E-state index contributed by atoms with van der Waals surface area (Å²) < 4.78 is 23.7. The molecule has 27 heavy (non-hydrogen) atoms. The van der Waals surface area contributed by atoms with Crippen LogP contribution in [-0.2, 0) is 18.0 Å². The van der Waals surface area contributed by atoms with Crippen molar-refractivity contribution >= 4 is 21.7 Å². The van der Waals surface area contributed by atoms with Crippen LogP contribution in [0.4, 0.5) is 0 Å². The first kappa shape index (κ1) is 18.1. The lowest BCUT2D eigenvalue weighted by molar-refractivity contribution is -0.0176. The van der Waals surface area contributed by atoms with Crippen molar-refractivity contribution < 1.29 is 23.7 Å². The highest BCUT2D eigenvalue weighted by molar-refractivity contribution is 9.10. The molecule has 0 N–H and O–H groups in total. The van der Waals surface area contributed by atoms with Crippen molar-refractivity contribution in [2.24, 2.45) is 0 Å². The number of Topliss-reactive ketones (excluding diaryl/α,β-unsaturated/α-hetero) is 1. The highest BCUT2D eigenvalue weighted by Crippen LogP contribution is 2.38. The predicted molar refractivity (Wildman–Crippen MR) is 103 cm³/mol. The minimum absolute atomic E-state index is 0.0662. The van der Waals surface area contributed by atoms with E-state index < -0.39 is 0 Å². The van der Waals surface area contributed by atoms with E-state index in [0.717, 1.165) is 32.5 Å². The highest BCUT2D eigenvalue weighted by atomic mass is 79.9. The normalized spacial score (nSPS) is 15.0. The van der Waals surface area contributed by atoms with Crippen molar-refractivity contribution in [2.75, 3.05) is 6.79 Å². The highest BCUT2D eigenvalue weighted by Gasteiger charge is 2.30. The molecule has 2 heterocycles. The molecule has 0 fully saturated rings. The van der Waals surface area contributed by atoms with E-state index in [1.807, 2.05) is 39.0 Å². The summed E-state index contributed by atoms with van der Waals surface area (Å²) in [5.41, 5.74) is 4.23. The number of hydrogen-bond acceptors (Lipinski definition) is 5. The summed E-state index contributed by atoms with van der Waals surface area (Å²) >= 11 is 3.52. The van der Waals surface area contributed by atoms with Crippen LogP contribution in [0.5, 0.6) is 17.2 Å². The summed E-state index contributed by atoms with van der Waals surface area (Å²) in [6.07, 6.45) is 0. The number of ether oxygens (including phenoxy) is 4. The Kier molecular flexibility index (Phi) is 4.70. The minimum atomic E-state index is -0.0662. The third-order valence-electron chi connectivity index (χ3n) is 4.52. The van der Waals surface area contributed by atoms with Gasteiger partial charge in [-0.2, -0.15) is 0 Å². The number of rotatable bonds is 3. The zero-order valence-corrected chi connectivity index (χ0v) is 16.9. The van der Waals surface area contributed by atoms with Gasteiger partial charge in [-0.25, -0.2) is 0 Å². The Morgan fingerprint density at radius 1 is 1.22 bits per heavy atom. The molecule has 2 aromatic carbocycles. The molecular weight excluding hydrogens is 412 g/mol. The Morgan fingerprint density at radius 3 is 2.81 bits per heavy atom. The fraction of sp³-hybridized carbons (Fsp3) is 0.286. The maximum atomic E-state index is 12.5. The van der Waals surface area contributed by atoms with Gasteiger partial charge in [-0.3, -0.25) is 4.79 Å². The van der Waals surface area contributed by atoms with Crippen LogP contribution in [0.3, 0.4) is 0 Å². The molecule has 0 atom stereocenters. The first-order chi connectivity index (χ1) is 12.9. The van der Waals surface area contributed by atoms with Crippen LogP contribution in [-0.4, -0.2) is 12.6 Å². The number of carbonyl (C=O) groups is 1. The second kappa shape index (κ2) is 7.02. The second-order valence-electron chi connectivity index (χ2n) is 6.83. The standard InChI is InChI=1S/C21H19BrO5/c1-11(2)20-19(23)18-12(3)4-16(7-17(18)27-20)25-9-14-6-15(22)5-13-8-24-10-26-21(13)14/h4-7H,8-10H2,1-3H3. The van der Waals surface area contributed by atoms with Crippen molar-refractivity contribution in [3.63, 3.8) is 0 Å². The maximum absolute atomic E-state index is 12.5. The Hall–Kier alpha value is -2.31. The summed E-state index contributed by atoms with van der Waals surface area (Å²) in [5.74, 6) is 2.34. The molecule has 4 rings (SSSR count).